The standard InChI is InChI=1S/C14H19N3OS/c1-17-6-5-10(8-17)9-19-14-15-12-4-3-11(18-2)7-13(12)16-14/h3-4,7,10H,5-6,8-9H2,1-2H3,(H,15,16)/t10-/m1/s1. The molecule has 0 bridgehead atoms. The maximum atomic E-state index is 5.22. The molecule has 0 amide bonds. The third kappa shape index (κ3) is 2.87. The predicted octanol–water partition coefficient (Wildman–Crippen LogP) is 2.62. The van der Waals surface area contributed by atoms with Crippen LogP contribution in [0.15, 0.2) is 23.4 Å². The molecule has 1 N–H and O–H groups in total. The number of hydrogen-bond acceptors (Lipinski definition) is 4. The Morgan fingerprint density at radius 3 is 3.16 bits per heavy atom. The fourth-order valence-electron chi connectivity index (χ4n) is 2.52. The quantitative estimate of drug-likeness (QED) is 0.872. The van der Waals surface area contributed by atoms with Crippen molar-refractivity contribution in [2.75, 3.05) is 33.0 Å². The van der Waals surface area contributed by atoms with E-state index in [1.54, 1.807) is 7.11 Å². The van der Waals surface area contributed by atoms with Crippen molar-refractivity contribution in [3.63, 3.8) is 0 Å². The molecule has 3 rings (SSSR count). The smallest absolute Gasteiger partial charge is 0.166 e. The van der Waals surface area contributed by atoms with E-state index in [1.807, 2.05) is 30.0 Å². The number of aromatic amines is 1. The van der Waals surface area contributed by atoms with Crippen molar-refractivity contribution in [1.29, 1.82) is 0 Å². The molecule has 4 nitrogen and oxygen atoms in total. The van der Waals surface area contributed by atoms with E-state index in [2.05, 4.69) is 21.9 Å². The molecule has 0 unspecified atom stereocenters. The van der Waals surface area contributed by atoms with Gasteiger partial charge in [0.15, 0.2) is 5.16 Å². The maximum Gasteiger partial charge on any atom is 0.166 e. The number of rotatable bonds is 4. The van der Waals surface area contributed by atoms with Gasteiger partial charge in [-0.3, -0.25) is 0 Å². The molecule has 0 aliphatic carbocycles. The molecular formula is C14H19N3OS. The maximum absolute atomic E-state index is 5.22. The lowest BCUT2D eigenvalue weighted by atomic mass is 10.2. The first-order chi connectivity index (χ1) is 9.24. The molecule has 0 saturated carbocycles. The Kier molecular flexibility index (Phi) is 3.66. The van der Waals surface area contributed by atoms with Gasteiger partial charge in [0.05, 0.1) is 18.1 Å². The summed E-state index contributed by atoms with van der Waals surface area (Å²) in [4.78, 5) is 10.4. The van der Waals surface area contributed by atoms with Crippen LogP contribution in [0.3, 0.4) is 0 Å². The zero-order valence-electron chi connectivity index (χ0n) is 11.3. The van der Waals surface area contributed by atoms with Crippen molar-refractivity contribution in [2.45, 2.75) is 11.6 Å². The highest BCUT2D eigenvalue weighted by molar-refractivity contribution is 7.99. The van der Waals surface area contributed by atoms with Gasteiger partial charge in [-0.05, 0) is 38.1 Å². The molecular weight excluding hydrogens is 258 g/mol. The highest BCUT2D eigenvalue weighted by Crippen LogP contribution is 2.26. The minimum Gasteiger partial charge on any atom is -0.497 e. The molecule has 2 heterocycles. The summed E-state index contributed by atoms with van der Waals surface area (Å²) >= 11 is 1.82. The van der Waals surface area contributed by atoms with Gasteiger partial charge in [0.2, 0.25) is 0 Å². The van der Waals surface area contributed by atoms with Crippen LogP contribution in [0.2, 0.25) is 0 Å². The average molecular weight is 277 g/mol. The van der Waals surface area contributed by atoms with E-state index >= 15 is 0 Å². The molecule has 1 aliphatic heterocycles. The van der Waals surface area contributed by atoms with Crippen molar-refractivity contribution >= 4 is 22.8 Å². The van der Waals surface area contributed by atoms with E-state index in [1.165, 1.54) is 19.5 Å². The Morgan fingerprint density at radius 1 is 1.53 bits per heavy atom. The lowest BCUT2D eigenvalue weighted by molar-refractivity contribution is 0.403. The third-order valence-corrected chi connectivity index (χ3v) is 4.72. The Hall–Kier alpha value is -1.20. The highest BCUT2D eigenvalue weighted by atomic mass is 32.2. The van der Waals surface area contributed by atoms with Gasteiger partial charge < -0.3 is 14.6 Å². The first-order valence-electron chi connectivity index (χ1n) is 6.59. The van der Waals surface area contributed by atoms with Gasteiger partial charge >= 0.3 is 0 Å². The first kappa shape index (κ1) is 12.8. The van der Waals surface area contributed by atoms with Crippen LogP contribution in [0.5, 0.6) is 5.75 Å². The summed E-state index contributed by atoms with van der Waals surface area (Å²) in [6.07, 6.45) is 1.30. The number of H-pyrrole nitrogens is 1. The van der Waals surface area contributed by atoms with Gasteiger partial charge in [-0.25, -0.2) is 4.98 Å². The number of likely N-dealkylation sites (tertiary alicyclic amines) is 1. The summed E-state index contributed by atoms with van der Waals surface area (Å²) in [5.41, 5.74) is 2.05. The molecule has 0 radical (unpaired) electrons. The second-order valence-corrected chi connectivity index (χ2v) is 6.16. The minimum absolute atomic E-state index is 0.790. The van der Waals surface area contributed by atoms with Crippen LogP contribution in [0.1, 0.15) is 6.42 Å². The molecule has 0 spiro atoms. The lowest BCUT2D eigenvalue weighted by Gasteiger charge is -2.08. The summed E-state index contributed by atoms with van der Waals surface area (Å²) in [6, 6.07) is 5.94. The van der Waals surface area contributed by atoms with Crippen LogP contribution in [-0.4, -0.2) is 47.9 Å². The predicted molar refractivity (Wildman–Crippen MR) is 79.0 cm³/mol. The van der Waals surface area contributed by atoms with E-state index < -0.39 is 0 Å². The summed E-state index contributed by atoms with van der Waals surface area (Å²) in [5, 5.41) is 1.01. The molecule has 5 heteroatoms. The Labute approximate surface area is 117 Å². The van der Waals surface area contributed by atoms with E-state index in [4.69, 9.17) is 4.74 Å². The van der Waals surface area contributed by atoms with Gasteiger partial charge in [-0.1, -0.05) is 11.8 Å². The highest BCUT2D eigenvalue weighted by Gasteiger charge is 2.19. The first-order valence-corrected chi connectivity index (χ1v) is 7.58. The van der Waals surface area contributed by atoms with E-state index in [9.17, 15) is 0 Å². The molecule has 2 aromatic rings. The molecule has 1 fully saturated rings. The Bertz CT molecular complexity index is 569. The van der Waals surface area contributed by atoms with Crippen molar-refractivity contribution in [3.05, 3.63) is 18.2 Å². The number of nitrogens with zero attached hydrogens (tertiary/aromatic N) is 2. The molecule has 1 aromatic carbocycles. The van der Waals surface area contributed by atoms with E-state index in [0.717, 1.165) is 33.6 Å². The number of imidazole rings is 1. The summed E-state index contributed by atoms with van der Waals surface area (Å²) in [7, 11) is 3.88. The Balaban J connectivity index is 1.67. The van der Waals surface area contributed by atoms with Crippen LogP contribution < -0.4 is 4.74 Å². The van der Waals surface area contributed by atoms with Gasteiger partial charge in [0.25, 0.3) is 0 Å². The number of ether oxygens (including phenoxy) is 1. The number of nitrogens with one attached hydrogen (secondary N) is 1. The van der Waals surface area contributed by atoms with E-state index in [0.29, 0.717) is 0 Å². The van der Waals surface area contributed by atoms with Crippen molar-refractivity contribution in [2.24, 2.45) is 5.92 Å². The van der Waals surface area contributed by atoms with Gasteiger partial charge in [0.1, 0.15) is 5.75 Å². The van der Waals surface area contributed by atoms with Crippen LogP contribution in [0, 0.1) is 5.92 Å². The lowest BCUT2D eigenvalue weighted by Crippen LogP contribution is -2.14. The fraction of sp³-hybridized carbons (Fsp3) is 0.500. The molecule has 1 aromatic heterocycles. The van der Waals surface area contributed by atoms with Gasteiger partial charge in [0, 0.05) is 18.4 Å². The molecule has 102 valence electrons. The van der Waals surface area contributed by atoms with Crippen LogP contribution in [0.25, 0.3) is 11.0 Å². The largest absolute Gasteiger partial charge is 0.497 e. The number of aromatic nitrogens is 2. The average Bonchev–Trinajstić information content (AvgIpc) is 3.01. The third-order valence-electron chi connectivity index (χ3n) is 3.61. The number of methoxy groups -OCH3 is 1. The van der Waals surface area contributed by atoms with E-state index in [-0.39, 0.29) is 0 Å². The SMILES string of the molecule is COc1ccc2nc(SC[C@@H]3CCN(C)C3)[nH]c2c1. The number of hydrogen-bond donors (Lipinski definition) is 1. The number of benzene rings is 1. The monoisotopic (exact) mass is 277 g/mol. The van der Waals surface area contributed by atoms with Crippen molar-refractivity contribution in [3.8, 4) is 5.75 Å². The van der Waals surface area contributed by atoms with Gasteiger partial charge in [-0.15, -0.1) is 0 Å². The zero-order valence-corrected chi connectivity index (χ0v) is 12.2. The summed E-state index contributed by atoms with van der Waals surface area (Å²) < 4.78 is 5.22. The number of fused-ring (bicyclic) bond motifs is 1. The minimum atomic E-state index is 0.790. The second kappa shape index (κ2) is 5.43. The number of thioether (sulfide) groups is 1. The van der Waals surface area contributed by atoms with Crippen molar-refractivity contribution < 1.29 is 4.74 Å². The molecule has 1 aliphatic rings. The summed E-state index contributed by atoms with van der Waals surface area (Å²) in [6.45, 7) is 2.43. The summed E-state index contributed by atoms with van der Waals surface area (Å²) in [5.74, 6) is 2.80. The zero-order chi connectivity index (χ0) is 13.2. The normalized spacial score (nSPS) is 20.2. The fourth-order valence-corrected chi connectivity index (χ4v) is 3.53. The van der Waals surface area contributed by atoms with Gasteiger partial charge in [-0.2, -0.15) is 0 Å². The molecule has 1 atom stereocenters. The second-order valence-electron chi connectivity index (χ2n) is 5.15. The molecule has 1 saturated heterocycles. The van der Waals surface area contributed by atoms with Crippen LogP contribution in [-0.2, 0) is 0 Å². The van der Waals surface area contributed by atoms with Crippen LogP contribution in [0.4, 0.5) is 0 Å². The topological polar surface area (TPSA) is 41.1 Å². The van der Waals surface area contributed by atoms with Crippen molar-refractivity contribution in [1.82, 2.24) is 14.9 Å². The molecule has 19 heavy (non-hydrogen) atoms. The van der Waals surface area contributed by atoms with Crippen LogP contribution >= 0.6 is 11.8 Å². The Morgan fingerprint density at radius 2 is 2.42 bits per heavy atom.